The van der Waals surface area contributed by atoms with Crippen molar-refractivity contribution in [1.29, 1.82) is 0 Å². The van der Waals surface area contributed by atoms with E-state index in [-0.39, 0.29) is 12.5 Å². The maximum atomic E-state index is 12.2. The number of carbonyl (C=O) groups is 1. The maximum Gasteiger partial charge on any atom is 0.256 e. The molecule has 0 spiro atoms. The first-order valence-corrected chi connectivity index (χ1v) is 6.03. The van der Waals surface area contributed by atoms with Gasteiger partial charge in [0.1, 0.15) is 0 Å². The monoisotopic (exact) mass is 269 g/mol. The van der Waals surface area contributed by atoms with Crippen LogP contribution in [0.25, 0.3) is 0 Å². The van der Waals surface area contributed by atoms with Gasteiger partial charge in [-0.2, -0.15) is 0 Å². The fourth-order valence-electron chi connectivity index (χ4n) is 1.46. The standard InChI is InChI=1S/C13H13Cl2NO/c1-3-7-16(8-4-2)13(17)11-9-10(14)5-6-12(11)15/h1,5-6,9H,4,7-8H2,2H3. The van der Waals surface area contributed by atoms with Gasteiger partial charge in [0.2, 0.25) is 0 Å². The van der Waals surface area contributed by atoms with E-state index >= 15 is 0 Å². The Hall–Kier alpha value is -1.17. The molecule has 0 saturated heterocycles. The highest BCUT2D eigenvalue weighted by atomic mass is 35.5. The highest BCUT2D eigenvalue weighted by Gasteiger charge is 2.17. The fraction of sp³-hybridized carbons (Fsp3) is 0.308. The molecule has 17 heavy (non-hydrogen) atoms. The number of hydrogen-bond donors (Lipinski definition) is 0. The van der Waals surface area contributed by atoms with Gasteiger partial charge in [0.15, 0.2) is 0 Å². The van der Waals surface area contributed by atoms with Crippen LogP contribution in [0.15, 0.2) is 18.2 Å². The molecule has 0 aliphatic carbocycles. The topological polar surface area (TPSA) is 20.3 Å². The first kappa shape index (κ1) is 13.9. The lowest BCUT2D eigenvalue weighted by Gasteiger charge is -2.20. The van der Waals surface area contributed by atoms with Gasteiger partial charge >= 0.3 is 0 Å². The Morgan fingerprint density at radius 1 is 1.47 bits per heavy atom. The largest absolute Gasteiger partial charge is 0.327 e. The van der Waals surface area contributed by atoms with Crippen LogP contribution in [0.4, 0.5) is 0 Å². The van der Waals surface area contributed by atoms with Crippen molar-refractivity contribution in [2.24, 2.45) is 0 Å². The summed E-state index contributed by atoms with van der Waals surface area (Å²) in [6.45, 7) is 2.86. The second kappa shape index (κ2) is 6.54. The van der Waals surface area contributed by atoms with Crippen molar-refractivity contribution in [3.8, 4) is 12.3 Å². The summed E-state index contributed by atoms with van der Waals surface area (Å²) >= 11 is 11.8. The molecule has 0 aliphatic heterocycles. The zero-order valence-corrected chi connectivity index (χ0v) is 11.1. The van der Waals surface area contributed by atoms with Crippen LogP contribution in [0.2, 0.25) is 10.0 Å². The molecular formula is C13H13Cl2NO. The molecule has 0 unspecified atom stereocenters. The van der Waals surface area contributed by atoms with E-state index in [0.29, 0.717) is 22.2 Å². The summed E-state index contributed by atoms with van der Waals surface area (Å²) < 4.78 is 0. The molecular weight excluding hydrogens is 257 g/mol. The van der Waals surface area contributed by atoms with Crippen molar-refractivity contribution in [3.05, 3.63) is 33.8 Å². The van der Waals surface area contributed by atoms with E-state index in [1.807, 2.05) is 6.92 Å². The van der Waals surface area contributed by atoms with Gasteiger partial charge in [0.25, 0.3) is 5.91 Å². The molecule has 0 heterocycles. The number of rotatable bonds is 4. The van der Waals surface area contributed by atoms with Gasteiger partial charge in [0.05, 0.1) is 17.1 Å². The second-order valence-electron chi connectivity index (χ2n) is 3.56. The molecule has 0 fully saturated rings. The average Bonchev–Trinajstić information content (AvgIpc) is 2.31. The maximum absolute atomic E-state index is 12.2. The van der Waals surface area contributed by atoms with Crippen LogP contribution in [0, 0.1) is 12.3 Å². The summed E-state index contributed by atoms with van der Waals surface area (Å²) in [6, 6.07) is 4.81. The van der Waals surface area contributed by atoms with Crippen molar-refractivity contribution in [2.45, 2.75) is 13.3 Å². The normalized spacial score (nSPS) is 9.76. The van der Waals surface area contributed by atoms with Gasteiger partial charge in [-0.05, 0) is 24.6 Å². The zero-order valence-electron chi connectivity index (χ0n) is 9.54. The molecule has 0 aromatic heterocycles. The van der Waals surface area contributed by atoms with Gasteiger partial charge < -0.3 is 4.90 Å². The number of halogens is 2. The minimum atomic E-state index is -0.183. The smallest absolute Gasteiger partial charge is 0.256 e. The van der Waals surface area contributed by atoms with E-state index in [9.17, 15) is 4.79 Å². The van der Waals surface area contributed by atoms with Crippen LogP contribution in [0.5, 0.6) is 0 Å². The molecule has 90 valence electrons. The number of hydrogen-bond acceptors (Lipinski definition) is 1. The number of amides is 1. The van der Waals surface area contributed by atoms with Gasteiger partial charge in [-0.25, -0.2) is 0 Å². The van der Waals surface area contributed by atoms with Crippen LogP contribution in [-0.2, 0) is 0 Å². The lowest BCUT2D eigenvalue weighted by Crippen LogP contribution is -2.32. The highest BCUT2D eigenvalue weighted by molar-refractivity contribution is 6.35. The number of terminal acetylenes is 1. The summed E-state index contributed by atoms with van der Waals surface area (Å²) in [5.74, 6) is 2.28. The molecule has 0 bridgehead atoms. The molecule has 4 heteroatoms. The summed E-state index contributed by atoms with van der Waals surface area (Å²) in [5, 5.41) is 0.868. The summed E-state index contributed by atoms with van der Waals surface area (Å²) in [6.07, 6.45) is 6.08. The van der Waals surface area contributed by atoms with Gasteiger partial charge in [-0.1, -0.05) is 36.0 Å². The van der Waals surface area contributed by atoms with Crippen LogP contribution < -0.4 is 0 Å². The SMILES string of the molecule is C#CCN(CCC)C(=O)c1cc(Cl)ccc1Cl. The van der Waals surface area contributed by atoms with Crippen LogP contribution in [-0.4, -0.2) is 23.9 Å². The van der Waals surface area contributed by atoms with Crippen molar-refractivity contribution >= 4 is 29.1 Å². The molecule has 0 atom stereocenters. The third-order valence-corrected chi connectivity index (χ3v) is 2.79. The third-order valence-electron chi connectivity index (χ3n) is 2.22. The Labute approximate surface area is 112 Å². The number of carbonyl (C=O) groups excluding carboxylic acids is 1. The van der Waals surface area contributed by atoms with Crippen molar-refractivity contribution in [1.82, 2.24) is 4.90 Å². The quantitative estimate of drug-likeness (QED) is 0.767. The molecule has 0 radical (unpaired) electrons. The summed E-state index contributed by atoms with van der Waals surface area (Å²) in [4.78, 5) is 13.8. The molecule has 1 rings (SSSR count). The molecule has 0 aliphatic rings. The molecule has 1 amide bonds. The van der Waals surface area contributed by atoms with Gasteiger partial charge in [-0.3, -0.25) is 4.79 Å². The Kier molecular flexibility index (Phi) is 5.34. The minimum absolute atomic E-state index is 0.183. The molecule has 1 aromatic carbocycles. The van der Waals surface area contributed by atoms with Crippen LogP contribution in [0.1, 0.15) is 23.7 Å². The van der Waals surface area contributed by atoms with E-state index in [0.717, 1.165) is 6.42 Å². The number of nitrogens with zero attached hydrogens (tertiary/aromatic N) is 1. The first-order chi connectivity index (χ1) is 8.10. The summed E-state index contributed by atoms with van der Waals surface area (Å²) in [7, 11) is 0. The Morgan fingerprint density at radius 3 is 2.76 bits per heavy atom. The zero-order chi connectivity index (χ0) is 12.8. The van der Waals surface area contributed by atoms with Crippen molar-refractivity contribution in [2.75, 3.05) is 13.1 Å². The van der Waals surface area contributed by atoms with Crippen LogP contribution in [0.3, 0.4) is 0 Å². The first-order valence-electron chi connectivity index (χ1n) is 5.28. The van der Waals surface area contributed by atoms with Gasteiger partial charge in [-0.15, -0.1) is 6.42 Å². The van der Waals surface area contributed by atoms with E-state index in [2.05, 4.69) is 5.92 Å². The predicted molar refractivity (Wildman–Crippen MR) is 71.5 cm³/mol. The van der Waals surface area contributed by atoms with E-state index in [4.69, 9.17) is 29.6 Å². The lowest BCUT2D eigenvalue weighted by molar-refractivity contribution is 0.0777. The van der Waals surface area contributed by atoms with Gasteiger partial charge in [0, 0.05) is 11.6 Å². The highest BCUT2D eigenvalue weighted by Crippen LogP contribution is 2.22. The van der Waals surface area contributed by atoms with E-state index in [1.54, 1.807) is 23.1 Å². The molecule has 0 saturated carbocycles. The Morgan fingerprint density at radius 2 is 2.18 bits per heavy atom. The van der Waals surface area contributed by atoms with Crippen molar-refractivity contribution < 1.29 is 4.79 Å². The third kappa shape index (κ3) is 3.66. The second-order valence-corrected chi connectivity index (χ2v) is 4.40. The number of benzene rings is 1. The fourth-order valence-corrected chi connectivity index (χ4v) is 1.83. The lowest BCUT2D eigenvalue weighted by atomic mass is 10.2. The van der Waals surface area contributed by atoms with Crippen LogP contribution >= 0.6 is 23.2 Å². The van der Waals surface area contributed by atoms with Crippen molar-refractivity contribution in [3.63, 3.8) is 0 Å². The summed E-state index contributed by atoms with van der Waals surface area (Å²) in [5.41, 5.74) is 0.392. The molecule has 0 N–H and O–H groups in total. The Bertz CT molecular complexity index is 451. The van der Waals surface area contributed by atoms with E-state index < -0.39 is 0 Å². The minimum Gasteiger partial charge on any atom is -0.327 e. The van der Waals surface area contributed by atoms with E-state index in [1.165, 1.54) is 0 Å². The average molecular weight is 270 g/mol. The molecule has 2 nitrogen and oxygen atoms in total. The predicted octanol–water partition coefficient (Wildman–Crippen LogP) is 3.48. The Balaban J connectivity index is 3.00. The molecule has 1 aromatic rings.